The van der Waals surface area contributed by atoms with Crippen molar-refractivity contribution in [2.24, 2.45) is 0 Å². The Morgan fingerprint density at radius 3 is 1.39 bits per heavy atom. The summed E-state index contributed by atoms with van der Waals surface area (Å²) in [4.78, 5) is 89.9. The Labute approximate surface area is 759 Å². The summed E-state index contributed by atoms with van der Waals surface area (Å²) in [6.45, 7) is 15.4. The molecule has 13 heterocycles. The van der Waals surface area contributed by atoms with Crippen molar-refractivity contribution in [3.63, 3.8) is 0 Å². The van der Waals surface area contributed by atoms with Gasteiger partial charge in [0.15, 0.2) is 61.9 Å². The van der Waals surface area contributed by atoms with Gasteiger partial charge in [-0.15, -0.1) is 0 Å². The van der Waals surface area contributed by atoms with E-state index < -0.39 is 21.5 Å². The predicted octanol–water partition coefficient (Wildman–Crippen LogP) is 12.5. The van der Waals surface area contributed by atoms with E-state index in [0.717, 1.165) is 168 Å². The van der Waals surface area contributed by atoms with E-state index in [4.69, 9.17) is 59.1 Å². The van der Waals surface area contributed by atoms with Crippen molar-refractivity contribution in [3.05, 3.63) is 208 Å². The van der Waals surface area contributed by atoms with Gasteiger partial charge in [-0.3, -0.25) is 54.3 Å². The number of H-pyrrole nitrogens is 8. The predicted molar refractivity (Wildman–Crippen MR) is 498 cm³/mol. The molecule has 0 saturated carbocycles. The lowest BCUT2D eigenvalue weighted by Crippen LogP contribution is -2.35. The molecule has 3 fully saturated rings. The lowest BCUT2D eigenvalue weighted by atomic mass is 10.0. The topological polar surface area (TPSA) is 492 Å². The summed E-state index contributed by atoms with van der Waals surface area (Å²) in [7, 11) is 4.15. The third kappa shape index (κ3) is 20.7. The highest BCUT2D eigenvalue weighted by Crippen LogP contribution is 2.38. The molecule has 4 aliphatic heterocycles. The van der Waals surface area contributed by atoms with Crippen molar-refractivity contribution in [1.29, 1.82) is 0 Å². The van der Waals surface area contributed by atoms with Crippen molar-refractivity contribution in [2.75, 3.05) is 159 Å². The molecule has 4 aliphatic rings. The number of aryl methyl sites for hydroxylation is 2. The lowest BCUT2D eigenvalue weighted by Gasteiger charge is -2.26. The van der Waals surface area contributed by atoms with Gasteiger partial charge in [0, 0.05) is 124 Å². The van der Waals surface area contributed by atoms with Crippen LogP contribution in [0.15, 0.2) is 168 Å². The number of anilines is 6. The number of sulfone groups is 1. The smallest absolute Gasteiger partial charge is 0.291 e. The second-order valence-electron chi connectivity index (χ2n) is 31.3. The molecular weight excluding hydrogens is 1730 g/mol. The number of fused-ring (bicyclic) bond motifs is 5. The first-order valence-electron chi connectivity index (χ1n) is 42.5. The van der Waals surface area contributed by atoms with Gasteiger partial charge in [-0.1, -0.05) is 35.9 Å². The van der Waals surface area contributed by atoms with Gasteiger partial charge in [0.2, 0.25) is 5.91 Å². The van der Waals surface area contributed by atoms with E-state index in [-0.39, 0.29) is 34.1 Å². The molecule has 132 heavy (non-hydrogen) atoms. The fourth-order valence-corrected chi connectivity index (χ4v) is 17.0. The van der Waals surface area contributed by atoms with E-state index in [0.29, 0.717) is 119 Å². The van der Waals surface area contributed by atoms with Crippen molar-refractivity contribution in [2.45, 2.75) is 44.3 Å². The number of aromatic nitrogens is 16. The molecule has 3 saturated heterocycles. The number of carbonyl (C=O) groups is 4. The van der Waals surface area contributed by atoms with E-state index >= 15 is 0 Å². The Hall–Kier alpha value is -14.8. The molecule has 9 aromatic heterocycles. The number of benzene rings is 7. The minimum atomic E-state index is -3.85. The molecule has 0 atom stereocenters. The molecule has 0 bridgehead atoms. The zero-order valence-electron chi connectivity index (χ0n) is 72.9. The number of furan rings is 1. The summed E-state index contributed by atoms with van der Waals surface area (Å²) in [5, 5.41) is 46.1. The number of nitrogens with zero attached hydrogens (tertiary/aromatic N) is 11. The number of hydrogen-bond donors (Lipinski definition) is 14. The lowest BCUT2D eigenvalue weighted by molar-refractivity contribution is -0.113. The minimum absolute atomic E-state index is 0.00430. The van der Waals surface area contributed by atoms with Crippen molar-refractivity contribution in [3.8, 4) is 69.1 Å². The van der Waals surface area contributed by atoms with E-state index in [2.05, 4.69) is 142 Å². The summed E-state index contributed by atoms with van der Waals surface area (Å²) in [6, 6.07) is 40.1. The number of morpholine rings is 3. The molecule has 682 valence electrons. The van der Waals surface area contributed by atoms with Gasteiger partial charge in [-0.25, -0.2) is 28.4 Å². The van der Waals surface area contributed by atoms with Gasteiger partial charge < -0.3 is 89.4 Å². The quantitative estimate of drug-likeness (QED) is 0.0253. The van der Waals surface area contributed by atoms with Gasteiger partial charge in [0.25, 0.3) is 17.7 Å². The van der Waals surface area contributed by atoms with Crippen molar-refractivity contribution in [1.82, 2.24) is 95.4 Å². The first-order chi connectivity index (χ1) is 64.3. The SMILES string of the molecule is CNc1ccccc1C(=O)Nc1cn[nH]c1-c1nc2ccc(CN3CCOCC3)cc2[nH]1.COc1cc2nc(-c3[nH]ncc3NC(=O)CS(=O)(=O)c3ccc(Cl)cc3)[nH]c2cc1OC.COc1cc2nc(-c3[nH]ncc3NC(=O)c3cc(CN4CCOCC4)c(C)o3)[nH]c2cc1OC.O=C(Nc1cn[nH]c1-c1nc2ccc(CN3CCOCC3)cc2[nH]1)c1ccc2c(c1)CCCN2. The van der Waals surface area contributed by atoms with Gasteiger partial charge >= 0.3 is 0 Å². The molecule has 41 heteroatoms. The number of rotatable bonds is 25. The molecule has 0 aliphatic carbocycles. The molecule has 14 N–H and O–H groups in total. The second kappa shape index (κ2) is 40.5. The van der Waals surface area contributed by atoms with Gasteiger partial charge in [-0.05, 0) is 121 Å². The van der Waals surface area contributed by atoms with Crippen LogP contribution in [-0.2, 0) is 54.9 Å². The Balaban J connectivity index is 0.000000123. The number of para-hydroxylation sites is 1. The maximum absolute atomic E-state index is 13.0. The highest BCUT2D eigenvalue weighted by molar-refractivity contribution is 7.92. The first kappa shape index (κ1) is 89.2. The van der Waals surface area contributed by atoms with Gasteiger partial charge in [0.05, 0.1) is 170 Å². The fourth-order valence-electron chi connectivity index (χ4n) is 15.7. The molecular formula is C91H96ClN25O14S. The average Bonchev–Trinajstić information content (AvgIpc) is 1.66. The number of methoxy groups -OCH3 is 4. The van der Waals surface area contributed by atoms with Crippen LogP contribution in [-0.4, -0.2) is 254 Å². The number of halogens is 1. The number of aromatic amines is 8. The molecule has 0 unspecified atom stereocenters. The number of carbonyl (C=O) groups excluding carboxylic acids is 4. The molecule has 16 aromatic rings. The minimum Gasteiger partial charge on any atom is -0.493 e. The maximum atomic E-state index is 13.0. The molecule has 0 radical (unpaired) electrons. The Bertz CT molecular complexity index is 6850. The summed E-state index contributed by atoms with van der Waals surface area (Å²) in [5.41, 5.74) is 18.1. The third-order valence-corrected chi connectivity index (χ3v) is 24.5. The number of ether oxygens (including phenoxy) is 7. The van der Waals surface area contributed by atoms with Crippen LogP contribution >= 0.6 is 11.6 Å². The fraction of sp³-hybridized carbons (Fsp3) is 0.275. The standard InChI is InChI=1S/C25H27N7O2.C23H25N7O2.C23H26N6O5.C20H18ClN5O5S/c33-25(18-4-6-19-17(13-18)2-1-7-26-19)30-22-14-27-31-23(22)24-28-20-5-3-16(12-21(20)29-24)15-32-8-10-34-11-9-32;1-24-17-5-3-2-4-16(17)23(31)28-20-13-25-29-21(20)22-26-18-7-6-15(12-19(18)27-22)14-30-8-10-32-11-9-30;1-13-14(12-29-4-6-33-7-5-29)8-20(34-13)23(30)27-17-11-24-28-21(17)22-25-15-9-18(31-2)19(32-3)10-16(15)26-22;1-30-16-7-13-14(8-17(16)31-2)25-20(24-13)19-15(9-22-26-19)23-18(27)10-32(28,29)12-5-3-11(21)4-6-12/h3-6,12-14,26H,1-2,7-11,15H2,(H,27,31)(H,28,29)(H,30,33);2-7,12-13,24H,8-11,14H2,1H3,(H,25,29)(H,26,27)(H,28,31);8-11H,4-7,12H2,1-3H3,(H,24,28)(H,25,26)(H,27,30);3-9H,10H2,1-2H3,(H,22,26)(H,23,27)(H,24,25). The van der Waals surface area contributed by atoms with E-state index in [9.17, 15) is 27.6 Å². The summed E-state index contributed by atoms with van der Waals surface area (Å²) in [5.74, 6) is 3.14. The summed E-state index contributed by atoms with van der Waals surface area (Å²) < 4.78 is 68.3. The third-order valence-electron chi connectivity index (χ3n) is 22.6. The highest BCUT2D eigenvalue weighted by Gasteiger charge is 2.28. The number of hydrogen-bond acceptors (Lipinski definition) is 27. The molecule has 20 rings (SSSR count). The summed E-state index contributed by atoms with van der Waals surface area (Å²) >= 11 is 5.79. The summed E-state index contributed by atoms with van der Waals surface area (Å²) in [6.07, 6.45) is 8.16. The Morgan fingerprint density at radius 1 is 0.470 bits per heavy atom. The average molecular weight is 1830 g/mol. The molecule has 7 aromatic carbocycles. The van der Waals surface area contributed by atoms with E-state index in [1.807, 2.05) is 55.5 Å². The monoisotopic (exact) mass is 1830 g/mol. The van der Waals surface area contributed by atoms with Crippen LogP contribution in [0.5, 0.6) is 23.0 Å². The first-order valence-corrected chi connectivity index (χ1v) is 44.5. The van der Waals surface area contributed by atoms with E-state index in [1.165, 1.54) is 67.6 Å². The molecule has 39 nitrogen and oxygen atoms in total. The zero-order valence-corrected chi connectivity index (χ0v) is 74.4. The van der Waals surface area contributed by atoms with Gasteiger partial charge in [0.1, 0.15) is 34.3 Å². The maximum Gasteiger partial charge on any atom is 0.291 e. The van der Waals surface area contributed by atoms with Crippen molar-refractivity contribution >= 4 is 123 Å². The zero-order chi connectivity index (χ0) is 91.4. The number of imidazole rings is 4. The highest BCUT2D eigenvalue weighted by atomic mass is 35.5. The van der Waals surface area contributed by atoms with Crippen LogP contribution in [0.25, 0.3) is 90.2 Å². The van der Waals surface area contributed by atoms with Crippen LogP contribution in [0, 0.1) is 6.92 Å². The van der Waals surface area contributed by atoms with Crippen LogP contribution in [0.3, 0.4) is 0 Å². The van der Waals surface area contributed by atoms with E-state index in [1.54, 1.807) is 70.1 Å². The van der Waals surface area contributed by atoms with Crippen LogP contribution < -0.4 is 50.8 Å². The van der Waals surface area contributed by atoms with Gasteiger partial charge in [-0.2, -0.15) is 20.4 Å². The molecule has 4 amide bonds. The normalized spacial score (nSPS) is 14.2. The molecule has 0 spiro atoms. The van der Waals surface area contributed by atoms with Crippen LogP contribution in [0.1, 0.15) is 65.7 Å². The number of nitrogens with one attached hydrogen (secondary N) is 14. The van der Waals surface area contributed by atoms with Crippen LogP contribution in [0.4, 0.5) is 34.1 Å². The largest absolute Gasteiger partial charge is 0.493 e. The second-order valence-corrected chi connectivity index (χ2v) is 33.7. The Morgan fingerprint density at radius 2 is 0.909 bits per heavy atom. The number of amides is 4. The van der Waals surface area contributed by atoms with Crippen LogP contribution in [0.2, 0.25) is 5.02 Å². The Kier molecular flexibility index (Phi) is 27.4. The van der Waals surface area contributed by atoms with Crippen molar-refractivity contribution < 1.29 is 65.2 Å².